The number of nitrogens with one attached hydrogen (secondary N) is 1. The molecule has 0 aliphatic heterocycles. The third-order valence-corrected chi connectivity index (χ3v) is 4.45. The molecule has 1 aromatic heterocycles. The molecule has 0 aliphatic rings. The first-order chi connectivity index (χ1) is 13.7. The largest absolute Gasteiger partial charge is 0.508 e. The van der Waals surface area contributed by atoms with Crippen LogP contribution in [0.15, 0.2) is 30.3 Å². The Bertz CT molecular complexity index is 1080. The Labute approximate surface area is 166 Å². The van der Waals surface area contributed by atoms with Gasteiger partial charge in [0, 0.05) is 18.7 Å². The van der Waals surface area contributed by atoms with Crippen LogP contribution in [0.5, 0.6) is 11.5 Å². The van der Waals surface area contributed by atoms with E-state index >= 15 is 0 Å². The average Bonchev–Trinajstić information content (AvgIpc) is 3.09. The van der Waals surface area contributed by atoms with E-state index in [4.69, 9.17) is 5.73 Å². The lowest BCUT2D eigenvalue weighted by Crippen LogP contribution is -2.26. The Kier molecular flexibility index (Phi) is 5.40. The van der Waals surface area contributed by atoms with Crippen molar-refractivity contribution in [3.8, 4) is 28.6 Å². The van der Waals surface area contributed by atoms with E-state index in [0.29, 0.717) is 12.1 Å². The van der Waals surface area contributed by atoms with E-state index in [-0.39, 0.29) is 46.0 Å². The topological polar surface area (TPSA) is 126 Å². The fourth-order valence-corrected chi connectivity index (χ4v) is 2.98. The molecule has 0 unspecified atom stereocenters. The molecule has 9 heteroatoms. The summed E-state index contributed by atoms with van der Waals surface area (Å²) in [5, 5.41) is 31.2. The number of phenolic OH excluding ortho intramolecular Hbond substituents is 2. The number of rotatable bonds is 5. The summed E-state index contributed by atoms with van der Waals surface area (Å²) in [6.07, 6.45) is 0. The summed E-state index contributed by atoms with van der Waals surface area (Å²) in [4.78, 5) is 12.5. The van der Waals surface area contributed by atoms with Crippen LogP contribution in [0.1, 0.15) is 42.9 Å². The van der Waals surface area contributed by atoms with Crippen LogP contribution in [-0.2, 0) is 0 Å². The van der Waals surface area contributed by atoms with Crippen LogP contribution in [0.3, 0.4) is 0 Å². The normalized spacial score (nSPS) is 11.1. The molecule has 152 valence electrons. The zero-order valence-corrected chi connectivity index (χ0v) is 16.3. The minimum absolute atomic E-state index is 0.0393. The quantitative estimate of drug-likeness (QED) is 0.489. The van der Waals surface area contributed by atoms with Gasteiger partial charge in [-0.15, -0.1) is 10.2 Å². The van der Waals surface area contributed by atoms with Crippen LogP contribution in [0.25, 0.3) is 17.1 Å². The van der Waals surface area contributed by atoms with Gasteiger partial charge in [-0.2, -0.15) is 0 Å². The van der Waals surface area contributed by atoms with Gasteiger partial charge in [0.25, 0.3) is 5.91 Å². The maximum absolute atomic E-state index is 14.1. The second-order valence-corrected chi connectivity index (χ2v) is 6.83. The molecule has 0 spiro atoms. The van der Waals surface area contributed by atoms with Gasteiger partial charge in [0.15, 0.2) is 5.82 Å². The number of anilines is 1. The smallest absolute Gasteiger partial charge is 0.289 e. The van der Waals surface area contributed by atoms with Crippen LogP contribution >= 0.6 is 0 Å². The number of phenols is 2. The summed E-state index contributed by atoms with van der Waals surface area (Å²) in [6, 6.07) is 6.83. The number of amides is 1. The maximum atomic E-state index is 14.1. The Hall–Kier alpha value is -3.62. The van der Waals surface area contributed by atoms with Crippen LogP contribution in [0, 0.1) is 5.82 Å². The van der Waals surface area contributed by atoms with E-state index in [1.54, 1.807) is 13.0 Å². The number of carbonyl (C=O) groups excluding carboxylic acids is 1. The van der Waals surface area contributed by atoms with Crippen molar-refractivity contribution in [2.75, 3.05) is 12.3 Å². The molecule has 1 amide bonds. The molecular weight excluding hydrogens is 377 g/mol. The van der Waals surface area contributed by atoms with Gasteiger partial charge in [0.1, 0.15) is 17.3 Å². The molecule has 0 bridgehead atoms. The molecule has 0 saturated heterocycles. The summed E-state index contributed by atoms with van der Waals surface area (Å²) < 4.78 is 15.5. The SMILES string of the molecule is CCNC(=O)c1nnc(-c2cc(C(C)C)c(O)cc2O)n1-c1ccc(N)c(F)c1. The van der Waals surface area contributed by atoms with Gasteiger partial charge in [-0.05, 0) is 36.6 Å². The van der Waals surface area contributed by atoms with Crippen LogP contribution in [0.4, 0.5) is 10.1 Å². The van der Waals surface area contributed by atoms with E-state index in [2.05, 4.69) is 15.5 Å². The van der Waals surface area contributed by atoms with Crippen LogP contribution < -0.4 is 11.1 Å². The van der Waals surface area contributed by atoms with E-state index < -0.39 is 11.7 Å². The summed E-state index contributed by atoms with van der Waals surface area (Å²) >= 11 is 0. The molecule has 0 aliphatic carbocycles. The Balaban J connectivity index is 2.29. The van der Waals surface area contributed by atoms with Gasteiger partial charge >= 0.3 is 0 Å². The lowest BCUT2D eigenvalue weighted by Gasteiger charge is -2.15. The van der Waals surface area contributed by atoms with Crippen molar-refractivity contribution in [1.82, 2.24) is 20.1 Å². The molecule has 29 heavy (non-hydrogen) atoms. The molecule has 2 aromatic carbocycles. The number of benzene rings is 2. The first-order valence-corrected chi connectivity index (χ1v) is 9.09. The minimum atomic E-state index is -0.665. The number of nitrogens with zero attached hydrogens (tertiary/aromatic N) is 3. The number of aromatic nitrogens is 3. The first kappa shape index (κ1) is 20.1. The van der Waals surface area contributed by atoms with Gasteiger partial charge in [0.2, 0.25) is 5.82 Å². The Morgan fingerprint density at radius 2 is 1.93 bits per heavy atom. The number of hydrogen-bond donors (Lipinski definition) is 4. The lowest BCUT2D eigenvalue weighted by molar-refractivity contribution is 0.0943. The maximum Gasteiger partial charge on any atom is 0.289 e. The zero-order valence-electron chi connectivity index (χ0n) is 16.3. The molecular formula is C20H22FN5O3. The first-order valence-electron chi connectivity index (χ1n) is 9.09. The molecule has 8 nitrogen and oxygen atoms in total. The third-order valence-electron chi connectivity index (χ3n) is 4.45. The summed E-state index contributed by atoms with van der Waals surface area (Å²) in [5.41, 5.74) is 6.61. The van der Waals surface area contributed by atoms with Crippen molar-refractivity contribution in [2.24, 2.45) is 0 Å². The predicted octanol–water partition coefficient (Wildman–Crippen LogP) is 2.94. The molecule has 1 heterocycles. The number of nitrogens with two attached hydrogens (primary N) is 1. The number of hydrogen-bond acceptors (Lipinski definition) is 6. The van der Waals surface area contributed by atoms with Crippen molar-refractivity contribution in [3.05, 3.63) is 47.5 Å². The fraction of sp³-hybridized carbons (Fsp3) is 0.250. The predicted molar refractivity (Wildman–Crippen MR) is 107 cm³/mol. The Morgan fingerprint density at radius 3 is 2.55 bits per heavy atom. The molecule has 0 fully saturated rings. The number of nitrogen functional groups attached to an aromatic ring is 1. The van der Waals surface area contributed by atoms with Crippen molar-refractivity contribution in [1.29, 1.82) is 0 Å². The molecule has 5 N–H and O–H groups in total. The standard InChI is InChI=1S/C20H22FN5O3/c1-4-23-20(29)19-25-24-18(26(19)11-5-6-15(22)14(21)7-11)13-8-12(10(2)3)16(27)9-17(13)28/h5-10,27-28H,4,22H2,1-3H3,(H,23,29). The highest BCUT2D eigenvalue weighted by molar-refractivity contribution is 5.92. The van der Waals surface area contributed by atoms with E-state index in [1.165, 1.54) is 22.8 Å². The average molecular weight is 399 g/mol. The van der Waals surface area contributed by atoms with Crippen molar-refractivity contribution in [3.63, 3.8) is 0 Å². The summed E-state index contributed by atoms with van der Waals surface area (Å²) in [7, 11) is 0. The highest BCUT2D eigenvalue weighted by atomic mass is 19.1. The van der Waals surface area contributed by atoms with Crippen molar-refractivity contribution < 1.29 is 19.4 Å². The van der Waals surface area contributed by atoms with E-state index in [9.17, 15) is 19.4 Å². The molecule has 3 aromatic rings. The second kappa shape index (κ2) is 7.78. The highest BCUT2D eigenvalue weighted by Gasteiger charge is 2.24. The van der Waals surface area contributed by atoms with Gasteiger partial charge in [0.05, 0.1) is 16.9 Å². The molecule has 0 saturated carbocycles. The molecule has 0 radical (unpaired) electrons. The number of carbonyl (C=O) groups is 1. The molecule has 0 atom stereocenters. The van der Waals surface area contributed by atoms with Gasteiger partial charge in [-0.3, -0.25) is 9.36 Å². The monoisotopic (exact) mass is 399 g/mol. The van der Waals surface area contributed by atoms with Crippen LogP contribution in [-0.4, -0.2) is 37.4 Å². The number of aromatic hydroxyl groups is 2. The van der Waals surface area contributed by atoms with Gasteiger partial charge in [-0.1, -0.05) is 13.8 Å². The van der Waals surface area contributed by atoms with Crippen LogP contribution in [0.2, 0.25) is 0 Å². The molecule has 3 rings (SSSR count). The highest BCUT2D eigenvalue weighted by Crippen LogP contribution is 2.38. The lowest BCUT2D eigenvalue weighted by atomic mass is 9.98. The number of halogens is 1. The fourth-order valence-electron chi connectivity index (χ4n) is 2.98. The van der Waals surface area contributed by atoms with E-state index in [0.717, 1.165) is 6.07 Å². The minimum Gasteiger partial charge on any atom is -0.508 e. The zero-order chi connectivity index (χ0) is 21.3. The van der Waals surface area contributed by atoms with Crippen molar-refractivity contribution >= 4 is 11.6 Å². The summed E-state index contributed by atoms with van der Waals surface area (Å²) in [5.74, 6) is -1.48. The summed E-state index contributed by atoms with van der Waals surface area (Å²) in [6.45, 7) is 5.88. The Morgan fingerprint density at radius 1 is 1.21 bits per heavy atom. The van der Waals surface area contributed by atoms with Gasteiger partial charge < -0.3 is 21.3 Å². The second-order valence-electron chi connectivity index (χ2n) is 6.83. The van der Waals surface area contributed by atoms with E-state index in [1.807, 2.05) is 13.8 Å². The third kappa shape index (κ3) is 3.71. The van der Waals surface area contributed by atoms with Gasteiger partial charge in [-0.25, -0.2) is 4.39 Å². The van der Waals surface area contributed by atoms with Crippen molar-refractivity contribution in [2.45, 2.75) is 26.7 Å².